The number of likely N-dealkylation sites (tertiary alicyclic amines) is 1. The van der Waals surface area contributed by atoms with Crippen molar-refractivity contribution in [1.29, 1.82) is 0 Å². The Hall–Kier alpha value is -1.45. The van der Waals surface area contributed by atoms with Crippen molar-refractivity contribution in [2.45, 2.75) is 88.4 Å². The Morgan fingerprint density at radius 1 is 1.29 bits per heavy atom. The van der Waals surface area contributed by atoms with E-state index in [4.69, 9.17) is 4.74 Å². The van der Waals surface area contributed by atoms with Crippen LogP contribution in [0.3, 0.4) is 0 Å². The second kappa shape index (κ2) is 9.54. The molecular weight excluding hydrogens is 504 g/mol. The number of nitrogens with zero attached hydrogens (tertiary/aromatic N) is 2. The maximum atomic E-state index is 14.4. The van der Waals surface area contributed by atoms with E-state index in [1.807, 2.05) is 13.8 Å². The second-order valence-electron chi connectivity index (χ2n) is 11.8. The number of unbranched alkanes of at least 4 members (excludes halogenated alkanes) is 1. The normalized spacial score (nSPS) is 32.7. The molecule has 0 aromatic carbocycles. The number of carbonyl (C=O) groups is 3. The van der Waals surface area contributed by atoms with Gasteiger partial charge in [-0.1, -0.05) is 42.8 Å². The van der Waals surface area contributed by atoms with Crippen molar-refractivity contribution in [2.75, 3.05) is 19.7 Å². The SMILES string of the molecule is C=CCN(C(=O)[C@@H]1N(CCCCO)C(=O)[C@H]2[C@H](C(=O)O)[C@H]3O[C@@]12CC3Br)C(C)(C)CC(C)(C)C. The van der Waals surface area contributed by atoms with Gasteiger partial charge in [0.05, 0.1) is 17.9 Å². The van der Waals surface area contributed by atoms with E-state index in [0.717, 1.165) is 6.42 Å². The predicted molar refractivity (Wildman–Crippen MR) is 131 cm³/mol. The summed E-state index contributed by atoms with van der Waals surface area (Å²) in [6.45, 7) is 14.8. The Morgan fingerprint density at radius 3 is 2.47 bits per heavy atom. The third-order valence-electron chi connectivity index (χ3n) is 7.39. The topological polar surface area (TPSA) is 107 Å². The molecule has 2 bridgehead atoms. The molecule has 6 atom stereocenters. The highest BCUT2D eigenvalue weighted by atomic mass is 79.9. The van der Waals surface area contributed by atoms with Gasteiger partial charge < -0.3 is 24.7 Å². The standard InChI is InChI=1S/C25H39BrN2O6/c1-7-10-28(24(5,6)14-23(2,3)4)21(31)19-25-13-15(26)18(34-25)16(22(32)33)17(25)20(30)27(19)11-8-9-12-29/h7,15-19,29H,1,8-14H2,2-6H3,(H,32,33)/t15?,16-,17+,18-,19-,25+/m0/s1. The van der Waals surface area contributed by atoms with E-state index in [1.165, 1.54) is 4.90 Å². The number of aliphatic hydroxyl groups is 1. The summed E-state index contributed by atoms with van der Waals surface area (Å²) in [7, 11) is 0. The van der Waals surface area contributed by atoms with Gasteiger partial charge in [0, 0.05) is 30.1 Å². The number of halogens is 1. The summed E-state index contributed by atoms with van der Waals surface area (Å²) >= 11 is 3.57. The Labute approximate surface area is 210 Å². The van der Waals surface area contributed by atoms with Gasteiger partial charge in [0.1, 0.15) is 11.6 Å². The molecule has 1 spiro atoms. The molecule has 0 aromatic heterocycles. The molecule has 3 rings (SSSR count). The first-order valence-corrected chi connectivity index (χ1v) is 13.0. The molecule has 0 aliphatic carbocycles. The van der Waals surface area contributed by atoms with Gasteiger partial charge in [-0.3, -0.25) is 14.4 Å². The van der Waals surface area contributed by atoms with Gasteiger partial charge in [-0.25, -0.2) is 0 Å². The van der Waals surface area contributed by atoms with Crippen LogP contribution >= 0.6 is 15.9 Å². The number of hydrogen-bond acceptors (Lipinski definition) is 5. The Bertz CT molecular complexity index is 840. The smallest absolute Gasteiger partial charge is 0.310 e. The quantitative estimate of drug-likeness (QED) is 0.249. The number of alkyl halides is 1. The maximum Gasteiger partial charge on any atom is 0.310 e. The molecule has 2 N–H and O–H groups in total. The number of amides is 2. The van der Waals surface area contributed by atoms with Crippen molar-refractivity contribution in [3.63, 3.8) is 0 Å². The number of carbonyl (C=O) groups excluding carboxylic acids is 2. The van der Waals surface area contributed by atoms with Crippen LogP contribution in [0.25, 0.3) is 0 Å². The fourth-order valence-corrected chi connectivity index (χ4v) is 7.57. The number of hydrogen-bond donors (Lipinski definition) is 2. The lowest BCUT2D eigenvalue weighted by Gasteiger charge is -2.45. The summed E-state index contributed by atoms with van der Waals surface area (Å²) in [6.07, 6.45) is 3.15. The van der Waals surface area contributed by atoms with Crippen LogP contribution < -0.4 is 0 Å². The first-order chi connectivity index (χ1) is 15.7. The van der Waals surface area contributed by atoms with Gasteiger partial charge in [-0.05, 0) is 44.9 Å². The molecule has 1 unspecified atom stereocenters. The lowest BCUT2D eigenvalue weighted by Crippen LogP contribution is -2.61. The van der Waals surface area contributed by atoms with Crippen molar-refractivity contribution in [3.8, 4) is 0 Å². The third-order valence-corrected chi connectivity index (χ3v) is 8.23. The zero-order chi connectivity index (χ0) is 25.6. The number of carboxylic acid groups (broad SMARTS) is 1. The molecule has 3 saturated heterocycles. The van der Waals surface area contributed by atoms with Gasteiger partial charge in [-0.15, -0.1) is 6.58 Å². The minimum absolute atomic E-state index is 0.0176. The Kier molecular flexibility index (Phi) is 7.62. The van der Waals surface area contributed by atoms with Gasteiger partial charge >= 0.3 is 5.97 Å². The summed E-state index contributed by atoms with van der Waals surface area (Å²) in [5.74, 6) is -3.55. The van der Waals surface area contributed by atoms with Gasteiger partial charge in [0.15, 0.2) is 0 Å². The van der Waals surface area contributed by atoms with Gasteiger partial charge in [0.2, 0.25) is 11.8 Å². The van der Waals surface area contributed by atoms with Crippen molar-refractivity contribution in [3.05, 3.63) is 12.7 Å². The third kappa shape index (κ3) is 4.55. The fraction of sp³-hybridized carbons (Fsp3) is 0.800. The van der Waals surface area contributed by atoms with Crippen molar-refractivity contribution < 1.29 is 29.3 Å². The molecule has 9 heteroatoms. The summed E-state index contributed by atoms with van der Waals surface area (Å²) in [5, 5.41) is 19.2. The molecular formula is C25H39BrN2O6. The van der Waals surface area contributed by atoms with Crippen LogP contribution in [0.2, 0.25) is 0 Å². The van der Waals surface area contributed by atoms with Gasteiger partial charge in [-0.2, -0.15) is 0 Å². The van der Waals surface area contributed by atoms with Crippen LogP contribution in [0.15, 0.2) is 12.7 Å². The van der Waals surface area contributed by atoms with Crippen molar-refractivity contribution >= 4 is 33.7 Å². The van der Waals surface area contributed by atoms with Crippen LogP contribution in [-0.2, 0) is 19.1 Å². The van der Waals surface area contributed by atoms with E-state index in [1.54, 1.807) is 11.0 Å². The highest BCUT2D eigenvalue weighted by Gasteiger charge is 2.77. The molecule has 3 heterocycles. The van der Waals surface area contributed by atoms with Crippen LogP contribution in [-0.4, -0.2) is 85.6 Å². The molecule has 3 fully saturated rings. The molecule has 0 radical (unpaired) electrons. The maximum absolute atomic E-state index is 14.4. The van der Waals surface area contributed by atoms with E-state index in [9.17, 15) is 24.6 Å². The fourth-order valence-electron chi connectivity index (χ4n) is 6.63. The first-order valence-electron chi connectivity index (χ1n) is 12.1. The number of aliphatic hydroxyl groups excluding tert-OH is 1. The average Bonchev–Trinajstić information content (AvgIpc) is 3.28. The first kappa shape index (κ1) is 27.1. The minimum Gasteiger partial charge on any atom is -0.481 e. The van der Waals surface area contributed by atoms with Crippen molar-refractivity contribution in [1.82, 2.24) is 9.80 Å². The minimum atomic E-state index is -1.19. The van der Waals surface area contributed by atoms with Crippen LogP contribution in [0.1, 0.15) is 60.3 Å². The van der Waals surface area contributed by atoms with E-state index in [0.29, 0.717) is 25.8 Å². The summed E-state index contributed by atoms with van der Waals surface area (Å²) < 4.78 is 6.34. The molecule has 0 saturated carbocycles. The molecule has 192 valence electrons. The van der Waals surface area contributed by atoms with E-state index in [-0.39, 0.29) is 35.2 Å². The number of fused-ring (bicyclic) bond motifs is 1. The van der Waals surface area contributed by atoms with E-state index >= 15 is 0 Å². The van der Waals surface area contributed by atoms with Crippen LogP contribution in [0.5, 0.6) is 0 Å². The summed E-state index contributed by atoms with van der Waals surface area (Å²) in [6, 6.07) is -0.919. The van der Waals surface area contributed by atoms with Crippen LogP contribution in [0.4, 0.5) is 0 Å². The second-order valence-corrected chi connectivity index (χ2v) is 12.9. The van der Waals surface area contributed by atoms with E-state index < -0.39 is 41.1 Å². The lowest BCUT2D eigenvalue weighted by molar-refractivity contribution is -0.153. The Morgan fingerprint density at radius 2 is 1.94 bits per heavy atom. The number of ether oxygens (including phenoxy) is 1. The highest BCUT2D eigenvalue weighted by Crippen LogP contribution is 2.60. The predicted octanol–water partition coefficient (Wildman–Crippen LogP) is 2.82. The molecule has 3 aliphatic rings. The molecule has 2 amide bonds. The molecule has 3 aliphatic heterocycles. The van der Waals surface area contributed by atoms with Gasteiger partial charge in [0.25, 0.3) is 0 Å². The largest absolute Gasteiger partial charge is 0.481 e. The zero-order valence-corrected chi connectivity index (χ0v) is 22.5. The monoisotopic (exact) mass is 542 g/mol. The number of aliphatic carboxylic acids is 1. The molecule has 0 aromatic rings. The zero-order valence-electron chi connectivity index (χ0n) is 20.9. The van der Waals surface area contributed by atoms with Crippen molar-refractivity contribution in [2.24, 2.45) is 17.3 Å². The number of carboxylic acids is 1. The highest BCUT2D eigenvalue weighted by molar-refractivity contribution is 9.09. The van der Waals surface area contributed by atoms with Crippen LogP contribution in [0, 0.1) is 17.3 Å². The average molecular weight is 543 g/mol. The Balaban J connectivity index is 2.07. The molecule has 8 nitrogen and oxygen atoms in total. The summed E-state index contributed by atoms with van der Waals surface area (Å²) in [4.78, 5) is 43.3. The summed E-state index contributed by atoms with van der Waals surface area (Å²) in [5.41, 5.74) is -1.77. The lowest BCUT2D eigenvalue weighted by atomic mass is 9.70. The van der Waals surface area contributed by atoms with E-state index in [2.05, 4.69) is 43.3 Å². The number of rotatable bonds is 10. The molecule has 34 heavy (non-hydrogen) atoms.